The van der Waals surface area contributed by atoms with Crippen molar-refractivity contribution in [3.63, 3.8) is 0 Å². The van der Waals surface area contributed by atoms with Crippen molar-refractivity contribution in [3.8, 4) is 0 Å². The van der Waals surface area contributed by atoms with Crippen LogP contribution in [0.5, 0.6) is 0 Å². The monoisotopic (exact) mass is 159 g/mol. The van der Waals surface area contributed by atoms with Crippen molar-refractivity contribution < 1.29 is 4.79 Å². The van der Waals surface area contributed by atoms with E-state index in [9.17, 15) is 4.79 Å². The molecule has 58 valence electrons. The first-order valence-corrected chi connectivity index (χ1v) is 3.40. The van der Waals surface area contributed by atoms with Crippen LogP contribution in [0.3, 0.4) is 0 Å². The van der Waals surface area contributed by atoms with Crippen molar-refractivity contribution in [2.75, 3.05) is 0 Å². The fourth-order valence-electron chi connectivity index (χ4n) is 1.03. The number of hydrogen-bond donors (Lipinski definition) is 0. The molecule has 4 heteroatoms. The number of carbonyl (C=O) groups excluding carboxylic acids is 1. The summed E-state index contributed by atoms with van der Waals surface area (Å²) in [6.07, 6.45) is 6.66. The molecule has 0 bridgehead atoms. The van der Waals surface area contributed by atoms with Crippen LogP contribution in [0.2, 0.25) is 0 Å². The molecule has 0 saturated heterocycles. The van der Waals surface area contributed by atoms with Gasteiger partial charge >= 0.3 is 0 Å². The lowest BCUT2D eigenvalue weighted by molar-refractivity contribution is 0.565. The lowest BCUT2D eigenvalue weighted by Crippen LogP contribution is -1.78. The summed E-state index contributed by atoms with van der Waals surface area (Å²) >= 11 is 0. The SMILES string of the molecule is O=C=Nc1ccn2cncc2c1. The lowest BCUT2D eigenvalue weighted by Gasteiger charge is -1.92. The van der Waals surface area contributed by atoms with E-state index in [0.29, 0.717) is 5.69 Å². The van der Waals surface area contributed by atoms with Crippen LogP contribution < -0.4 is 0 Å². The van der Waals surface area contributed by atoms with E-state index in [1.165, 1.54) is 6.08 Å². The first-order valence-electron chi connectivity index (χ1n) is 3.40. The second kappa shape index (κ2) is 2.60. The third-order valence-electron chi connectivity index (χ3n) is 1.57. The molecule has 0 spiro atoms. The van der Waals surface area contributed by atoms with Crippen molar-refractivity contribution in [2.45, 2.75) is 0 Å². The Kier molecular flexibility index (Phi) is 1.47. The van der Waals surface area contributed by atoms with Gasteiger partial charge in [-0.3, -0.25) is 0 Å². The molecule has 0 aliphatic rings. The van der Waals surface area contributed by atoms with Gasteiger partial charge in [0.1, 0.15) is 0 Å². The molecule has 0 atom stereocenters. The van der Waals surface area contributed by atoms with Crippen molar-refractivity contribution in [2.24, 2.45) is 4.99 Å². The van der Waals surface area contributed by atoms with E-state index < -0.39 is 0 Å². The summed E-state index contributed by atoms with van der Waals surface area (Å²) in [5, 5.41) is 0. The van der Waals surface area contributed by atoms with Gasteiger partial charge in [0.05, 0.1) is 23.7 Å². The summed E-state index contributed by atoms with van der Waals surface area (Å²) in [4.78, 5) is 17.3. The van der Waals surface area contributed by atoms with Gasteiger partial charge in [-0.05, 0) is 12.1 Å². The van der Waals surface area contributed by atoms with Gasteiger partial charge in [0.15, 0.2) is 0 Å². The Bertz CT molecular complexity index is 454. The zero-order valence-electron chi connectivity index (χ0n) is 6.14. The number of fused-ring (bicyclic) bond motifs is 1. The van der Waals surface area contributed by atoms with Crippen molar-refractivity contribution in [1.82, 2.24) is 9.38 Å². The minimum absolute atomic E-state index is 0.595. The molecule has 0 N–H and O–H groups in total. The van der Waals surface area contributed by atoms with Crippen molar-refractivity contribution >= 4 is 17.3 Å². The highest BCUT2D eigenvalue weighted by Crippen LogP contribution is 2.13. The Morgan fingerprint density at radius 1 is 1.58 bits per heavy atom. The predicted molar refractivity (Wildman–Crippen MR) is 43.0 cm³/mol. The standard InChI is InChI=1S/C8H5N3O/c12-6-10-7-1-2-11-5-9-4-8(11)3-7/h1-5H. The van der Waals surface area contributed by atoms with E-state index in [1.807, 2.05) is 4.40 Å². The molecule has 2 aromatic rings. The number of nitrogens with zero attached hydrogens (tertiary/aromatic N) is 3. The average Bonchev–Trinajstić information content (AvgIpc) is 2.51. The molecule has 0 unspecified atom stereocenters. The topological polar surface area (TPSA) is 46.7 Å². The number of rotatable bonds is 1. The van der Waals surface area contributed by atoms with E-state index in [2.05, 4.69) is 9.98 Å². The first kappa shape index (κ1) is 6.76. The summed E-state index contributed by atoms with van der Waals surface area (Å²) in [6.45, 7) is 0. The minimum atomic E-state index is 0.595. The zero-order valence-corrected chi connectivity index (χ0v) is 6.14. The smallest absolute Gasteiger partial charge is 0.240 e. The van der Waals surface area contributed by atoms with Crippen LogP contribution in [0, 0.1) is 0 Å². The predicted octanol–water partition coefficient (Wildman–Crippen LogP) is 1.30. The Morgan fingerprint density at radius 3 is 3.33 bits per heavy atom. The zero-order chi connectivity index (χ0) is 8.39. The molecular formula is C8H5N3O. The Balaban J connectivity index is 2.67. The summed E-state index contributed by atoms with van der Waals surface area (Å²) in [5.41, 5.74) is 1.50. The summed E-state index contributed by atoms with van der Waals surface area (Å²) in [5.74, 6) is 0. The Morgan fingerprint density at radius 2 is 2.50 bits per heavy atom. The second-order valence-electron chi connectivity index (χ2n) is 2.31. The number of pyridine rings is 1. The quantitative estimate of drug-likeness (QED) is 0.465. The molecular weight excluding hydrogens is 154 g/mol. The normalized spacial score (nSPS) is 9.67. The Labute approximate surface area is 68.2 Å². The minimum Gasteiger partial charge on any atom is -0.306 e. The molecule has 2 heterocycles. The highest BCUT2D eigenvalue weighted by atomic mass is 16.1. The first-order chi connectivity index (χ1) is 5.90. The van der Waals surface area contributed by atoms with E-state index >= 15 is 0 Å². The Hall–Kier alpha value is -1.93. The highest BCUT2D eigenvalue weighted by Gasteiger charge is 1.93. The molecule has 2 aromatic heterocycles. The molecule has 0 aliphatic carbocycles. The van der Waals surface area contributed by atoms with Crippen LogP contribution in [0.4, 0.5) is 5.69 Å². The van der Waals surface area contributed by atoms with Gasteiger partial charge in [-0.25, -0.2) is 9.78 Å². The number of isocyanates is 1. The average molecular weight is 159 g/mol. The second-order valence-corrected chi connectivity index (χ2v) is 2.31. The van der Waals surface area contributed by atoms with E-state index in [0.717, 1.165) is 5.52 Å². The fraction of sp³-hybridized carbons (Fsp3) is 0. The molecule has 0 aliphatic heterocycles. The summed E-state index contributed by atoms with van der Waals surface area (Å²) in [7, 11) is 0. The molecule has 0 aromatic carbocycles. The molecule has 0 saturated carbocycles. The highest BCUT2D eigenvalue weighted by molar-refractivity contribution is 5.58. The third-order valence-corrected chi connectivity index (χ3v) is 1.57. The lowest BCUT2D eigenvalue weighted by atomic mass is 10.4. The third kappa shape index (κ3) is 1.00. The van der Waals surface area contributed by atoms with Gasteiger partial charge < -0.3 is 4.40 Å². The maximum absolute atomic E-state index is 9.93. The number of hydrogen-bond acceptors (Lipinski definition) is 3. The van der Waals surface area contributed by atoms with Gasteiger partial charge in [0, 0.05) is 6.20 Å². The van der Waals surface area contributed by atoms with Crippen LogP contribution in [0.15, 0.2) is 35.8 Å². The maximum Gasteiger partial charge on any atom is 0.240 e. The van der Waals surface area contributed by atoms with Gasteiger partial charge in [-0.2, -0.15) is 4.99 Å². The van der Waals surface area contributed by atoms with E-state index in [-0.39, 0.29) is 0 Å². The van der Waals surface area contributed by atoms with Crippen LogP contribution in [-0.4, -0.2) is 15.5 Å². The molecule has 0 amide bonds. The maximum atomic E-state index is 9.93. The molecule has 0 radical (unpaired) electrons. The molecule has 0 fully saturated rings. The van der Waals surface area contributed by atoms with E-state index in [1.54, 1.807) is 30.9 Å². The van der Waals surface area contributed by atoms with Crippen LogP contribution >= 0.6 is 0 Å². The molecule has 12 heavy (non-hydrogen) atoms. The number of aliphatic imine (C=N–C) groups is 1. The fourth-order valence-corrected chi connectivity index (χ4v) is 1.03. The summed E-state index contributed by atoms with van der Waals surface area (Å²) < 4.78 is 1.84. The van der Waals surface area contributed by atoms with Gasteiger partial charge in [-0.15, -0.1) is 0 Å². The summed E-state index contributed by atoms with van der Waals surface area (Å²) in [6, 6.07) is 3.48. The van der Waals surface area contributed by atoms with Crippen LogP contribution in [0.1, 0.15) is 0 Å². The molecule has 4 nitrogen and oxygen atoms in total. The van der Waals surface area contributed by atoms with Crippen LogP contribution in [0.25, 0.3) is 5.52 Å². The van der Waals surface area contributed by atoms with Crippen molar-refractivity contribution in [3.05, 3.63) is 30.9 Å². The van der Waals surface area contributed by atoms with Gasteiger partial charge in [0.25, 0.3) is 0 Å². The van der Waals surface area contributed by atoms with Crippen molar-refractivity contribution in [1.29, 1.82) is 0 Å². The van der Waals surface area contributed by atoms with E-state index in [4.69, 9.17) is 0 Å². The van der Waals surface area contributed by atoms with Crippen LogP contribution in [-0.2, 0) is 4.79 Å². The molecule has 2 rings (SSSR count). The largest absolute Gasteiger partial charge is 0.306 e. The van der Waals surface area contributed by atoms with Gasteiger partial charge in [-0.1, -0.05) is 0 Å². The number of imidazole rings is 1. The number of aromatic nitrogens is 2. The van der Waals surface area contributed by atoms with Gasteiger partial charge in [0.2, 0.25) is 6.08 Å².